The normalized spacial score (nSPS) is 19.7. The summed E-state index contributed by atoms with van der Waals surface area (Å²) in [5.41, 5.74) is 14.9. The standard InChI is InChI=1S/C25H23.C21H17.C2H7Si.2ClH.Zr/c1-2-8-18(9-3-1)21-16-20-12-7-15-24(25(20)17-21)23-14-6-11-19-10-4-5-13-22(19)23;1-14-12-20-15(2)10-11-19(21(20)13-14)18-9-5-7-16-6-3-4-8-17(16)18;1-3-2;;;/h4-7,10-18H,1-3,8-9H2;3-13H,1-2H3;3H,1-2H3;2*1H;/q;;;;;+2/p-2. The predicted octanol–water partition coefficient (Wildman–Crippen LogP) is 14.8. The Morgan fingerprint density at radius 1 is 0.558 bits per heavy atom. The Morgan fingerprint density at radius 3 is 1.75 bits per heavy atom. The summed E-state index contributed by atoms with van der Waals surface area (Å²) in [5.74, 6) is -1.17. The van der Waals surface area contributed by atoms with Gasteiger partial charge in [-0.05, 0) is 0 Å². The molecule has 261 valence electrons. The van der Waals surface area contributed by atoms with Gasteiger partial charge in [0.15, 0.2) is 0 Å². The molecule has 0 aliphatic heterocycles. The maximum atomic E-state index is 8.92. The fourth-order valence-electron chi connectivity index (χ4n) is 10.6. The van der Waals surface area contributed by atoms with Crippen molar-refractivity contribution < 1.29 is 15.6 Å². The average molecular weight is 814 g/mol. The Balaban J connectivity index is 1.28. The van der Waals surface area contributed by atoms with Gasteiger partial charge in [-0.3, -0.25) is 0 Å². The molecule has 2 unspecified atom stereocenters. The molecule has 0 N–H and O–H groups in total. The van der Waals surface area contributed by atoms with Crippen LogP contribution in [-0.4, -0.2) is 5.92 Å². The summed E-state index contributed by atoms with van der Waals surface area (Å²) in [6.07, 6.45) is 11.5. The average Bonchev–Trinajstić information content (AvgIpc) is 3.75. The second kappa shape index (κ2) is 13.1. The van der Waals surface area contributed by atoms with Gasteiger partial charge in [-0.1, -0.05) is 0 Å². The maximum absolute atomic E-state index is 8.92. The molecule has 3 aliphatic rings. The van der Waals surface area contributed by atoms with Crippen LogP contribution in [0.15, 0.2) is 126 Å². The number of halogens is 2. The summed E-state index contributed by atoms with van der Waals surface area (Å²) in [4.78, 5) is 0. The van der Waals surface area contributed by atoms with Crippen molar-refractivity contribution in [2.75, 3.05) is 0 Å². The van der Waals surface area contributed by atoms with Crippen LogP contribution in [0, 0.1) is 12.8 Å². The zero-order chi connectivity index (χ0) is 35.8. The van der Waals surface area contributed by atoms with E-state index in [1.807, 2.05) is 0 Å². The third-order valence-corrected chi connectivity index (χ3v) is 65.1. The van der Waals surface area contributed by atoms with Crippen molar-refractivity contribution in [2.45, 2.75) is 66.3 Å². The Hall–Kier alpha value is -3.00. The van der Waals surface area contributed by atoms with Gasteiger partial charge >= 0.3 is 321 Å². The summed E-state index contributed by atoms with van der Waals surface area (Å²) in [6, 6.07) is 42.8. The number of benzene rings is 6. The van der Waals surface area contributed by atoms with Gasteiger partial charge in [0.2, 0.25) is 0 Å². The van der Waals surface area contributed by atoms with Crippen LogP contribution in [0.4, 0.5) is 0 Å². The summed E-state index contributed by atoms with van der Waals surface area (Å²) in [6.45, 7) is 9.63. The van der Waals surface area contributed by atoms with E-state index >= 15 is 0 Å². The van der Waals surface area contributed by atoms with E-state index in [1.165, 1.54) is 109 Å². The molecule has 0 nitrogen and oxygen atoms in total. The van der Waals surface area contributed by atoms with Crippen molar-refractivity contribution >= 4 is 56.6 Å². The third-order valence-electron chi connectivity index (χ3n) is 13.2. The van der Waals surface area contributed by atoms with E-state index in [4.69, 9.17) is 17.0 Å². The molecule has 0 radical (unpaired) electrons. The van der Waals surface area contributed by atoms with Gasteiger partial charge in [-0.2, -0.15) is 0 Å². The van der Waals surface area contributed by atoms with Gasteiger partial charge in [-0.15, -0.1) is 0 Å². The summed E-state index contributed by atoms with van der Waals surface area (Å²) >= 11 is -4.96. The molecule has 1 saturated carbocycles. The van der Waals surface area contributed by atoms with E-state index in [0.29, 0.717) is 5.92 Å². The van der Waals surface area contributed by atoms with Gasteiger partial charge in [0.25, 0.3) is 0 Å². The molecule has 4 heteroatoms. The first-order valence-corrected chi connectivity index (χ1v) is 35.7. The van der Waals surface area contributed by atoms with Crippen molar-refractivity contribution in [2.24, 2.45) is 5.92 Å². The van der Waals surface area contributed by atoms with E-state index in [1.54, 1.807) is 5.57 Å². The molecular formula is C48H47Cl2SiZr. The number of hydrogen-bond donors (Lipinski definition) is 0. The van der Waals surface area contributed by atoms with Crippen molar-refractivity contribution in [1.29, 1.82) is 0 Å². The molecule has 0 bridgehead atoms. The van der Waals surface area contributed by atoms with Crippen LogP contribution < -0.4 is 0 Å². The second-order valence-corrected chi connectivity index (χ2v) is 58.7. The first-order chi connectivity index (χ1) is 25.2. The van der Waals surface area contributed by atoms with Crippen molar-refractivity contribution in [3.05, 3.63) is 154 Å². The Kier molecular flexibility index (Phi) is 8.75. The summed E-state index contributed by atoms with van der Waals surface area (Å²) in [5, 5.41) is 5.14. The second-order valence-electron chi connectivity index (χ2n) is 16.2. The first-order valence-electron chi connectivity index (χ1n) is 19.4. The van der Waals surface area contributed by atoms with Crippen LogP contribution >= 0.6 is 17.0 Å². The van der Waals surface area contributed by atoms with E-state index in [9.17, 15) is 0 Å². The van der Waals surface area contributed by atoms with E-state index in [-0.39, 0.29) is 7.25 Å². The van der Waals surface area contributed by atoms with Gasteiger partial charge in [0.05, 0.1) is 0 Å². The minimum absolute atomic E-state index is 0.0746. The minimum atomic E-state index is -4.96. The molecular weight excluding hydrogens is 767 g/mol. The molecule has 0 aromatic heterocycles. The molecule has 2 atom stereocenters. The van der Waals surface area contributed by atoms with Crippen LogP contribution in [0.2, 0.25) is 13.1 Å². The van der Waals surface area contributed by atoms with Gasteiger partial charge in [0.1, 0.15) is 0 Å². The fraction of sp³-hybridized carbons (Fsp3) is 0.250. The Morgan fingerprint density at radius 2 is 1.12 bits per heavy atom. The van der Waals surface area contributed by atoms with E-state index in [2.05, 4.69) is 154 Å². The monoisotopic (exact) mass is 811 g/mol. The fourth-order valence-corrected chi connectivity index (χ4v) is 42.6. The molecule has 1 fully saturated rings. The number of aryl methyl sites for hydroxylation is 1. The van der Waals surface area contributed by atoms with E-state index < -0.39 is 21.5 Å². The number of fused-ring (bicyclic) bond motifs is 4. The van der Waals surface area contributed by atoms with Crippen molar-refractivity contribution in [3.63, 3.8) is 0 Å². The van der Waals surface area contributed by atoms with E-state index in [0.717, 1.165) is 0 Å². The molecule has 52 heavy (non-hydrogen) atoms. The summed E-state index contributed by atoms with van der Waals surface area (Å²) in [7, 11) is 17.8. The van der Waals surface area contributed by atoms with Gasteiger partial charge < -0.3 is 0 Å². The number of hydrogen-bond acceptors (Lipinski definition) is 0. The number of rotatable bonds is 6. The van der Waals surface area contributed by atoms with Crippen LogP contribution in [0.3, 0.4) is 0 Å². The molecule has 6 aromatic rings. The van der Waals surface area contributed by atoms with Gasteiger partial charge in [0, 0.05) is 0 Å². The van der Waals surface area contributed by atoms with Gasteiger partial charge in [-0.25, -0.2) is 0 Å². The Labute approximate surface area is 318 Å². The molecule has 0 spiro atoms. The molecule has 0 amide bonds. The molecule has 9 rings (SSSR count). The summed E-state index contributed by atoms with van der Waals surface area (Å²) < 4.78 is 0.176. The predicted molar refractivity (Wildman–Crippen MR) is 228 cm³/mol. The van der Waals surface area contributed by atoms with Crippen LogP contribution in [0.25, 0.3) is 56.0 Å². The van der Waals surface area contributed by atoms with Crippen LogP contribution in [0.5, 0.6) is 0 Å². The zero-order valence-corrected chi connectivity index (χ0v) is 35.8. The van der Waals surface area contributed by atoms with Crippen molar-refractivity contribution in [1.82, 2.24) is 0 Å². The first kappa shape index (κ1) is 34.7. The molecule has 3 aliphatic carbocycles. The SMILES string of the molecule is CC1=Cc2c(-c3cccc4ccccc34)ccc(C)c2[CH]1[Zr]([Cl])([Cl])([CH]1C(C2CCCCC2)=Cc2c(-c3cccc4ccccc34)cccc21)[SiH](C)C. The van der Waals surface area contributed by atoms with Crippen LogP contribution in [0.1, 0.15) is 74.1 Å². The van der Waals surface area contributed by atoms with Crippen LogP contribution in [-0.2, 0) is 15.6 Å². The molecule has 0 saturated heterocycles. The molecule has 0 heterocycles. The third kappa shape index (κ3) is 5.22. The Bertz CT molecular complexity index is 2450. The quantitative estimate of drug-likeness (QED) is 0.147. The molecule has 6 aromatic carbocycles. The van der Waals surface area contributed by atoms with Crippen molar-refractivity contribution in [3.8, 4) is 22.3 Å². The number of allylic oxidation sites excluding steroid dienone is 2. The topological polar surface area (TPSA) is 0 Å². The zero-order valence-electron chi connectivity index (χ0n) is 30.7.